The van der Waals surface area contributed by atoms with E-state index in [-0.39, 0.29) is 17.9 Å². The summed E-state index contributed by atoms with van der Waals surface area (Å²) in [5.74, 6) is 1.72. The molecule has 12 heteroatoms. The van der Waals surface area contributed by atoms with E-state index in [1.165, 1.54) is 6.20 Å². The van der Waals surface area contributed by atoms with Gasteiger partial charge in [-0.3, -0.25) is 9.59 Å². The van der Waals surface area contributed by atoms with Gasteiger partial charge in [0.2, 0.25) is 11.9 Å². The SMILES string of the molecule is CCNc1cccc([C@@H](C)NC(=O)[C@@H](C)N2Cc3ccc(-c4nc(Nc5ccnc(C)n5)ncc4Cl)cc3C2=O)n1. The van der Waals surface area contributed by atoms with E-state index in [4.69, 9.17) is 11.6 Å². The lowest BCUT2D eigenvalue weighted by atomic mass is 10.0. The van der Waals surface area contributed by atoms with E-state index >= 15 is 0 Å². The standard InChI is InChI=1S/C29H30ClN9O2/c1-5-31-24-8-6-7-23(36-24)16(2)34-27(40)17(3)39-15-20-10-9-19(13-21(20)28(39)41)26-22(30)14-33-29(38-26)37-25-11-12-32-18(4)35-25/h6-14,16-17H,5,15H2,1-4H3,(H,31,36)(H,34,40)(H,32,33,35,37,38)/t16-,17-/m1/s1. The number of rotatable bonds is 9. The molecule has 4 heterocycles. The minimum absolute atomic E-state index is 0.232. The lowest BCUT2D eigenvalue weighted by molar-refractivity contribution is -0.125. The van der Waals surface area contributed by atoms with Gasteiger partial charge in [0.15, 0.2) is 0 Å². The van der Waals surface area contributed by atoms with E-state index in [2.05, 4.69) is 40.9 Å². The van der Waals surface area contributed by atoms with Crippen LogP contribution in [0.4, 0.5) is 17.6 Å². The highest BCUT2D eigenvalue weighted by molar-refractivity contribution is 6.33. The fourth-order valence-corrected chi connectivity index (χ4v) is 4.78. The number of nitrogens with zero attached hydrogens (tertiary/aromatic N) is 6. The molecule has 0 saturated heterocycles. The molecule has 0 aliphatic carbocycles. The predicted molar refractivity (Wildman–Crippen MR) is 157 cm³/mol. The van der Waals surface area contributed by atoms with Crippen molar-refractivity contribution in [3.05, 3.63) is 82.5 Å². The Kier molecular flexibility index (Phi) is 8.06. The first kappa shape index (κ1) is 27.9. The van der Waals surface area contributed by atoms with Gasteiger partial charge in [-0.2, -0.15) is 0 Å². The van der Waals surface area contributed by atoms with Gasteiger partial charge < -0.3 is 20.9 Å². The van der Waals surface area contributed by atoms with Crippen molar-refractivity contribution in [1.82, 2.24) is 35.1 Å². The van der Waals surface area contributed by atoms with Crippen LogP contribution in [-0.2, 0) is 11.3 Å². The number of nitrogens with one attached hydrogen (secondary N) is 3. The van der Waals surface area contributed by atoms with Crippen LogP contribution >= 0.6 is 11.6 Å². The number of halogens is 1. The third kappa shape index (κ3) is 6.09. The minimum Gasteiger partial charge on any atom is -0.370 e. The number of carbonyl (C=O) groups excluding carboxylic acids is 2. The van der Waals surface area contributed by atoms with Gasteiger partial charge in [0.25, 0.3) is 5.91 Å². The fourth-order valence-electron chi connectivity index (χ4n) is 4.58. The van der Waals surface area contributed by atoms with Crippen LogP contribution in [0, 0.1) is 6.92 Å². The van der Waals surface area contributed by atoms with Gasteiger partial charge in [-0.25, -0.2) is 24.9 Å². The summed E-state index contributed by atoms with van der Waals surface area (Å²) >= 11 is 6.46. The molecule has 1 aliphatic heterocycles. The smallest absolute Gasteiger partial charge is 0.255 e. The maximum atomic E-state index is 13.5. The van der Waals surface area contributed by atoms with Crippen LogP contribution in [-0.4, -0.2) is 54.2 Å². The third-order valence-corrected chi connectivity index (χ3v) is 7.03. The average molecular weight is 572 g/mol. The first-order valence-corrected chi connectivity index (χ1v) is 13.7. The lowest BCUT2D eigenvalue weighted by Gasteiger charge is -2.25. The monoisotopic (exact) mass is 571 g/mol. The summed E-state index contributed by atoms with van der Waals surface area (Å²) in [5.41, 5.74) is 3.19. The molecule has 0 unspecified atom stereocenters. The van der Waals surface area contributed by atoms with Crippen LogP contribution < -0.4 is 16.0 Å². The highest BCUT2D eigenvalue weighted by Crippen LogP contribution is 2.32. The van der Waals surface area contributed by atoms with E-state index in [1.807, 2.05) is 44.2 Å². The molecule has 0 bridgehead atoms. The number of anilines is 3. The molecule has 210 valence electrons. The van der Waals surface area contributed by atoms with Crippen molar-refractivity contribution in [2.75, 3.05) is 17.2 Å². The third-order valence-electron chi connectivity index (χ3n) is 6.75. The van der Waals surface area contributed by atoms with Gasteiger partial charge in [0.1, 0.15) is 23.5 Å². The van der Waals surface area contributed by atoms with Crippen LogP contribution in [0.3, 0.4) is 0 Å². The maximum Gasteiger partial charge on any atom is 0.255 e. The molecule has 1 aliphatic rings. The summed E-state index contributed by atoms with van der Waals surface area (Å²) in [6, 6.07) is 11.8. The van der Waals surface area contributed by atoms with Gasteiger partial charge >= 0.3 is 0 Å². The molecule has 0 fully saturated rings. The largest absolute Gasteiger partial charge is 0.370 e. The predicted octanol–water partition coefficient (Wildman–Crippen LogP) is 4.69. The van der Waals surface area contributed by atoms with Crippen molar-refractivity contribution < 1.29 is 9.59 Å². The summed E-state index contributed by atoms with van der Waals surface area (Å²) in [6.07, 6.45) is 3.14. The maximum absolute atomic E-state index is 13.5. The Morgan fingerprint density at radius 3 is 2.68 bits per heavy atom. The molecule has 5 rings (SSSR count). The second-order valence-corrected chi connectivity index (χ2v) is 10.1. The van der Waals surface area contributed by atoms with Gasteiger partial charge in [-0.15, -0.1) is 0 Å². The quantitative estimate of drug-likeness (QED) is 0.261. The van der Waals surface area contributed by atoms with E-state index < -0.39 is 6.04 Å². The normalized spacial score (nSPS) is 13.9. The van der Waals surface area contributed by atoms with E-state index in [0.717, 1.165) is 23.6 Å². The number of aryl methyl sites for hydroxylation is 1. The van der Waals surface area contributed by atoms with E-state index in [1.54, 1.807) is 37.1 Å². The number of benzene rings is 1. The first-order chi connectivity index (χ1) is 19.7. The van der Waals surface area contributed by atoms with Gasteiger partial charge in [0.05, 0.1) is 28.6 Å². The molecule has 1 aromatic carbocycles. The van der Waals surface area contributed by atoms with E-state index in [0.29, 0.717) is 46.0 Å². The number of aromatic nitrogens is 5. The molecule has 4 aromatic rings. The average Bonchev–Trinajstić information content (AvgIpc) is 3.29. The summed E-state index contributed by atoms with van der Waals surface area (Å²) < 4.78 is 0. The highest BCUT2D eigenvalue weighted by atomic mass is 35.5. The summed E-state index contributed by atoms with van der Waals surface area (Å²) in [4.78, 5) is 50.0. The molecule has 0 saturated carbocycles. The van der Waals surface area contributed by atoms with Gasteiger partial charge in [0, 0.05) is 30.4 Å². The number of amides is 2. The topological polar surface area (TPSA) is 138 Å². The fraction of sp³-hybridized carbons (Fsp3) is 0.276. The molecule has 3 aromatic heterocycles. The Morgan fingerprint density at radius 2 is 1.90 bits per heavy atom. The summed E-state index contributed by atoms with van der Waals surface area (Å²) in [5, 5.41) is 9.56. The zero-order valence-electron chi connectivity index (χ0n) is 23.1. The molecule has 2 amide bonds. The van der Waals surface area contributed by atoms with Crippen molar-refractivity contribution in [1.29, 1.82) is 0 Å². The number of fused-ring (bicyclic) bond motifs is 1. The van der Waals surface area contributed by atoms with Crippen LogP contribution in [0.1, 0.15) is 54.3 Å². The first-order valence-electron chi connectivity index (χ1n) is 13.3. The highest BCUT2D eigenvalue weighted by Gasteiger charge is 2.34. The Labute approximate surface area is 242 Å². The van der Waals surface area contributed by atoms with Crippen LogP contribution in [0.2, 0.25) is 5.02 Å². The Bertz CT molecular complexity index is 1610. The Hall–Kier alpha value is -4.64. The van der Waals surface area contributed by atoms with E-state index in [9.17, 15) is 9.59 Å². The second kappa shape index (κ2) is 11.8. The molecule has 3 N–H and O–H groups in total. The van der Waals surface area contributed by atoms with Crippen LogP contribution in [0.5, 0.6) is 0 Å². The number of carbonyl (C=O) groups is 2. The van der Waals surface area contributed by atoms with Gasteiger partial charge in [-0.1, -0.05) is 29.8 Å². The van der Waals surface area contributed by atoms with Crippen molar-refractivity contribution in [2.24, 2.45) is 0 Å². The minimum atomic E-state index is -0.687. The van der Waals surface area contributed by atoms with Crippen LogP contribution in [0.15, 0.2) is 54.9 Å². The van der Waals surface area contributed by atoms with Crippen molar-refractivity contribution in [3.63, 3.8) is 0 Å². The number of pyridine rings is 1. The zero-order chi connectivity index (χ0) is 29.1. The summed E-state index contributed by atoms with van der Waals surface area (Å²) in [6.45, 7) is 8.45. The summed E-state index contributed by atoms with van der Waals surface area (Å²) in [7, 11) is 0. The molecule has 0 spiro atoms. The number of hydrogen-bond acceptors (Lipinski definition) is 9. The van der Waals surface area contributed by atoms with Gasteiger partial charge in [-0.05, 0) is 57.5 Å². The molecule has 0 radical (unpaired) electrons. The second-order valence-electron chi connectivity index (χ2n) is 9.69. The number of hydrogen-bond donors (Lipinski definition) is 3. The van der Waals surface area contributed by atoms with Crippen molar-refractivity contribution in [2.45, 2.75) is 46.3 Å². The molecule has 11 nitrogen and oxygen atoms in total. The molecular formula is C29H30ClN9O2. The lowest BCUT2D eigenvalue weighted by Crippen LogP contribution is -2.46. The Morgan fingerprint density at radius 1 is 1.07 bits per heavy atom. The molecule has 2 atom stereocenters. The molecular weight excluding hydrogens is 542 g/mol. The van der Waals surface area contributed by atoms with Crippen molar-refractivity contribution in [3.8, 4) is 11.3 Å². The Balaban J connectivity index is 1.31. The molecule has 41 heavy (non-hydrogen) atoms. The van der Waals surface area contributed by atoms with Crippen LogP contribution in [0.25, 0.3) is 11.3 Å². The van der Waals surface area contributed by atoms with Crippen molar-refractivity contribution >= 4 is 41.0 Å². The zero-order valence-corrected chi connectivity index (χ0v) is 23.9.